The van der Waals surface area contributed by atoms with Crippen LogP contribution in [0.25, 0.3) is 21.8 Å². The second-order valence-electron chi connectivity index (χ2n) is 11.0. The fourth-order valence-corrected chi connectivity index (χ4v) is 6.71. The molecule has 8 nitrogen and oxygen atoms in total. The van der Waals surface area contributed by atoms with Gasteiger partial charge in [0.25, 0.3) is 11.5 Å². The summed E-state index contributed by atoms with van der Waals surface area (Å²) >= 11 is 0. The van der Waals surface area contributed by atoms with Gasteiger partial charge in [-0.2, -0.15) is 5.10 Å². The summed E-state index contributed by atoms with van der Waals surface area (Å²) in [7, 11) is 0. The summed E-state index contributed by atoms with van der Waals surface area (Å²) in [5.41, 5.74) is 3.05. The van der Waals surface area contributed by atoms with Crippen molar-refractivity contribution in [2.75, 3.05) is 32.8 Å². The molecule has 1 amide bonds. The van der Waals surface area contributed by atoms with Crippen molar-refractivity contribution < 1.29 is 9.53 Å². The van der Waals surface area contributed by atoms with Crippen LogP contribution >= 0.6 is 0 Å². The number of nitrogens with one attached hydrogen (secondary N) is 1. The minimum atomic E-state index is -0.137. The number of piperazine rings is 1. The van der Waals surface area contributed by atoms with Crippen LogP contribution < -0.4 is 5.56 Å². The zero-order valence-corrected chi connectivity index (χ0v) is 21.5. The third-order valence-corrected chi connectivity index (χ3v) is 8.68. The van der Waals surface area contributed by atoms with Crippen molar-refractivity contribution in [2.45, 2.75) is 76.9 Å². The van der Waals surface area contributed by atoms with Gasteiger partial charge in [0, 0.05) is 55.9 Å². The standard InChI is InChI=1S/C28H37N5O3/c1-18-14-25-23(26-24(27(34)30-25)16-29-33(26)21-8-12-36-13-9-21)15-22(18)28(35)31-10-11-32(19(2)17-31)20-6-4-3-5-7-20/h14-16,19-21H,3-13,17H2,1-2H3,(H,30,34)/t19-/m0/s1. The van der Waals surface area contributed by atoms with E-state index >= 15 is 0 Å². The van der Waals surface area contributed by atoms with Crippen LogP contribution in [-0.2, 0) is 4.74 Å². The molecule has 3 aromatic rings. The minimum Gasteiger partial charge on any atom is -0.381 e. The third kappa shape index (κ3) is 4.14. The first kappa shape index (κ1) is 23.7. The molecular weight excluding hydrogens is 454 g/mol. The third-order valence-electron chi connectivity index (χ3n) is 8.68. The first-order valence-electron chi connectivity index (χ1n) is 13.7. The van der Waals surface area contributed by atoms with Gasteiger partial charge in [0.1, 0.15) is 0 Å². The Hall–Kier alpha value is -2.71. The maximum Gasteiger partial charge on any atom is 0.259 e. The van der Waals surface area contributed by atoms with Crippen LogP contribution in [0, 0.1) is 6.92 Å². The number of hydrogen-bond acceptors (Lipinski definition) is 5. The number of carbonyl (C=O) groups is 1. The average Bonchev–Trinajstić information content (AvgIpc) is 3.35. The molecule has 1 aliphatic carbocycles. The largest absolute Gasteiger partial charge is 0.381 e. The molecule has 2 saturated heterocycles. The summed E-state index contributed by atoms with van der Waals surface area (Å²) in [6.45, 7) is 8.08. The first-order valence-corrected chi connectivity index (χ1v) is 13.7. The van der Waals surface area contributed by atoms with Gasteiger partial charge in [-0.15, -0.1) is 0 Å². The number of H-pyrrole nitrogens is 1. The van der Waals surface area contributed by atoms with E-state index in [4.69, 9.17) is 4.74 Å². The van der Waals surface area contributed by atoms with Gasteiger partial charge >= 0.3 is 0 Å². The minimum absolute atomic E-state index is 0.0843. The van der Waals surface area contributed by atoms with Crippen LogP contribution in [0.5, 0.6) is 0 Å². The number of hydrogen-bond donors (Lipinski definition) is 1. The lowest BCUT2D eigenvalue weighted by Gasteiger charge is -2.45. The number of fused-ring (bicyclic) bond motifs is 3. The van der Waals surface area contributed by atoms with E-state index in [-0.39, 0.29) is 17.5 Å². The summed E-state index contributed by atoms with van der Waals surface area (Å²) < 4.78 is 7.54. The SMILES string of the molecule is Cc1cc2[nH]c(=O)c3cnn(C4CCOCC4)c3c2cc1C(=O)N1CCN(C2CCCCC2)[C@@H](C)C1. The van der Waals surface area contributed by atoms with Crippen molar-refractivity contribution in [1.82, 2.24) is 24.6 Å². The monoisotopic (exact) mass is 491 g/mol. The van der Waals surface area contributed by atoms with Crippen LogP contribution in [0.3, 0.4) is 0 Å². The van der Waals surface area contributed by atoms with Gasteiger partial charge in [-0.25, -0.2) is 0 Å². The fourth-order valence-electron chi connectivity index (χ4n) is 6.71. The molecule has 1 aromatic carbocycles. The normalized spacial score (nSPS) is 23.1. The molecule has 192 valence electrons. The van der Waals surface area contributed by atoms with Crippen LogP contribution in [0.15, 0.2) is 23.1 Å². The molecular formula is C28H37N5O3. The molecule has 8 heteroatoms. The lowest BCUT2D eigenvalue weighted by Crippen LogP contribution is -2.57. The van der Waals surface area contributed by atoms with E-state index in [9.17, 15) is 9.59 Å². The highest BCUT2D eigenvalue weighted by Gasteiger charge is 2.33. The van der Waals surface area contributed by atoms with E-state index in [0.717, 1.165) is 54.5 Å². The lowest BCUT2D eigenvalue weighted by atomic mass is 9.92. The molecule has 2 aromatic heterocycles. The topological polar surface area (TPSA) is 83.5 Å². The second kappa shape index (κ2) is 9.63. The summed E-state index contributed by atoms with van der Waals surface area (Å²) in [6, 6.07) is 5.16. The molecule has 0 radical (unpaired) electrons. The zero-order valence-electron chi connectivity index (χ0n) is 21.5. The molecule has 1 atom stereocenters. The predicted octanol–water partition coefficient (Wildman–Crippen LogP) is 4.02. The molecule has 1 N–H and O–H groups in total. The van der Waals surface area contributed by atoms with Crippen LogP contribution in [-0.4, -0.2) is 75.4 Å². The quantitative estimate of drug-likeness (QED) is 0.598. The Morgan fingerprint density at radius 2 is 1.81 bits per heavy atom. The summed E-state index contributed by atoms with van der Waals surface area (Å²) in [5.74, 6) is 0.0843. The molecule has 4 heterocycles. The highest BCUT2D eigenvalue weighted by atomic mass is 16.5. The molecule has 3 aliphatic rings. The maximum atomic E-state index is 13.8. The van der Waals surface area contributed by atoms with Gasteiger partial charge < -0.3 is 14.6 Å². The number of nitrogens with zero attached hydrogens (tertiary/aromatic N) is 4. The Labute approximate surface area is 211 Å². The molecule has 0 unspecified atom stereocenters. The number of benzene rings is 1. The summed E-state index contributed by atoms with van der Waals surface area (Å²) in [6.07, 6.45) is 9.99. The van der Waals surface area contributed by atoms with Gasteiger partial charge in [0.2, 0.25) is 0 Å². The van der Waals surface area contributed by atoms with E-state index in [1.807, 2.05) is 28.6 Å². The molecule has 36 heavy (non-hydrogen) atoms. The number of rotatable bonds is 3. The number of aromatic amines is 1. The lowest BCUT2D eigenvalue weighted by molar-refractivity contribution is 0.0293. The van der Waals surface area contributed by atoms with Crippen LogP contribution in [0.1, 0.15) is 73.8 Å². The zero-order chi connectivity index (χ0) is 24.8. The van der Waals surface area contributed by atoms with Gasteiger partial charge in [-0.1, -0.05) is 19.3 Å². The van der Waals surface area contributed by atoms with Crippen molar-refractivity contribution in [2.24, 2.45) is 0 Å². The Bertz CT molecular complexity index is 1330. The number of aryl methyl sites for hydroxylation is 1. The number of aromatic nitrogens is 3. The Kier molecular flexibility index (Phi) is 6.33. The molecule has 0 bridgehead atoms. The summed E-state index contributed by atoms with van der Waals surface area (Å²) in [4.78, 5) is 34.3. The number of pyridine rings is 1. The van der Waals surface area contributed by atoms with Gasteiger partial charge in [0.05, 0.1) is 28.7 Å². The van der Waals surface area contributed by atoms with E-state index < -0.39 is 0 Å². The van der Waals surface area contributed by atoms with E-state index in [1.165, 1.54) is 32.1 Å². The van der Waals surface area contributed by atoms with Crippen molar-refractivity contribution in [1.29, 1.82) is 0 Å². The highest BCUT2D eigenvalue weighted by Crippen LogP contribution is 2.31. The fraction of sp³-hybridized carbons (Fsp3) is 0.607. The Morgan fingerprint density at radius 3 is 2.56 bits per heavy atom. The van der Waals surface area contributed by atoms with Gasteiger partial charge in [0.15, 0.2) is 0 Å². The Morgan fingerprint density at radius 1 is 1.03 bits per heavy atom. The Balaban J connectivity index is 1.34. The average molecular weight is 492 g/mol. The second-order valence-corrected chi connectivity index (χ2v) is 11.0. The maximum absolute atomic E-state index is 13.8. The molecule has 6 rings (SSSR count). The first-order chi connectivity index (χ1) is 17.5. The molecule has 3 fully saturated rings. The van der Waals surface area contributed by atoms with E-state index in [2.05, 4.69) is 21.9 Å². The summed E-state index contributed by atoms with van der Waals surface area (Å²) in [5, 5.41) is 6.08. The van der Waals surface area contributed by atoms with E-state index in [1.54, 1.807) is 6.20 Å². The predicted molar refractivity (Wildman–Crippen MR) is 141 cm³/mol. The molecule has 0 spiro atoms. The smallest absolute Gasteiger partial charge is 0.259 e. The van der Waals surface area contributed by atoms with Gasteiger partial charge in [-0.05, 0) is 57.2 Å². The van der Waals surface area contributed by atoms with Crippen LogP contribution in [0.4, 0.5) is 0 Å². The molecule has 2 aliphatic heterocycles. The number of carbonyl (C=O) groups excluding carboxylic acids is 1. The van der Waals surface area contributed by atoms with Crippen molar-refractivity contribution >= 4 is 27.7 Å². The number of ether oxygens (including phenoxy) is 1. The van der Waals surface area contributed by atoms with E-state index in [0.29, 0.717) is 36.2 Å². The highest BCUT2D eigenvalue weighted by molar-refractivity contribution is 6.07. The van der Waals surface area contributed by atoms with Crippen molar-refractivity contribution in [3.05, 3.63) is 39.8 Å². The van der Waals surface area contributed by atoms with Gasteiger partial charge in [-0.3, -0.25) is 19.2 Å². The number of amides is 1. The van der Waals surface area contributed by atoms with Crippen LogP contribution in [0.2, 0.25) is 0 Å². The van der Waals surface area contributed by atoms with Crippen molar-refractivity contribution in [3.8, 4) is 0 Å². The molecule has 1 saturated carbocycles. The van der Waals surface area contributed by atoms with Crippen molar-refractivity contribution in [3.63, 3.8) is 0 Å².